The number of rotatable bonds is 8. The van der Waals surface area contributed by atoms with Crippen LogP contribution in [0.2, 0.25) is 0 Å². The topological polar surface area (TPSA) is 77.0 Å². The SMILES string of the molecule is COCCN(C)Cc1cccc(-c2cc3c(Nc4ccc5[nH]ccc5c4)c(C#N)cnc3s2)c1. The predicted molar refractivity (Wildman–Crippen MR) is 140 cm³/mol. The number of ether oxygens (including phenoxy) is 1. The smallest absolute Gasteiger partial charge is 0.126 e. The summed E-state index contributed by atoms with van der Waals surface area (Å²) in [5, 5.41) is 15.3. The highest BCUT2D eigenvalue weighted by atomic mass is 32.1. The quantitative estimate of drug-likeness (QED) is 0.287. The first-order chi connectivity index (χ1) is 16.6. The lowest BCUT2D eigenvalue weighted by Gasteiger charge is -2.16. The third-order valence-corrected chi connectivity index (χ3v) is 6.94. The second-order valence-corrected chi connectivity index (χ2v) is 9.35. The minimum absolute atomic E-state index is 0.527. The normalized spacial score (nSPS) is 11.4. The molecular weight excluding hydrogens is 442 g/mol. The molecule has 3 aromatic heterocycles. The van der Waals surface area contributed by atoms with Crippen LogP contribution in [0.25, 0.3) is 31.6 Å². The van der Waals surface area contributed by atoms with Gasteiger partial charge in [0.15, 0.2) is 0 Å². The molecule has 0 aliphatic rings. The molecule has 34 heavy (non-hydrogen) atoms. The Hall–Kier alpha value is -3.70. The van der Waals surface area contributed by atoms with Crippen LogP contribution >= 0.6 is 11.3 Å². The van der Waals surface area contributed by atoms with Crippen LogP contribution in [0.1, 0.15) is 11.1 Å². The van der Waals surface area contributed by atoms with Crippen molar-refractivity contribution in [2.45, 2.75) is 6.54 Å². The van der Waals surface area contributed by atoms with E-state index in [1.165, 1.54) is 5.56 Å². The number of nitriles is 1. The Bertz CT molecular complexity index is 1500. The Labute approximate surface area is 202 Å². The number of aromatic nitrogens is 2. The van der Waals surface area contributed by atoms with Gasteiger partial charge in [-0.1, -0.05) is 18.2 Å². The summed E-state index contributed by atoms with van der Waals surface area (Å²) in [6.45, 7) is 2.45. The average Bonchev–Trinajstić information content (AvgIpc) is 3.50. The molecule has 5 rings (SSSR count). The molecule has 0 saturated carbocycles. The molecule has 3 heterocycles. The van der Waals surface area contributed by atoms with Crippen molar-refractivity contribution in [1.82, 2.24) is 14.9 Å². The lowest BCUT2D eigenvalue weighted by Crippen LogP contribution is -2.22. The van der Waals surface area contributed by atoms with Gasteiger partial charge in [0, 0.05) is 59.4 Å². The van der Waals surface area contributed by atoms with Crippen LogP contribution < -0.4 is 5.32 Å². The molecular formula is C27H25N5OS. The Morgan fingerprint density at radius 3 is 2.94 bits per heavy atom. The summed E-state index contributed by atoms with van der Waals surface area (Å²) in [7, 11) is 3.82. The number of hydrogen-bond donors (Lipinski definition) is 2. The van der Waals surface area contributed by atoms with Crippen LogP contribution in [0.5, 0.6) is 0 Å². The summed E-state index contributed by atoms with van der Waals surface area (Å²) in [6, 6.07) is 21.2. The van der Waals surface area contributed by atoms with E-state index >= 15 is 0 Å². The molecule has 0 radical (unpaired) electrons. The van der Waals surface area contributed by atoms with Crippen molar-refractivity contribution in [3.63, 3.8) is 0 Å². The van der Waals surface area contributed by atoms with E-state index in [0.29, 0.717) is 12.2 Å². The van der Waals surface area contributed by atoms with Gasteiger partial charge in [0.25, 0.3) is 0 Å². The minimum atomic E-state index is 0.527. The van der Waals surface area contributed by atoms with E-state index in [1.54, 1.807) is 24.6 Å². The number of anilines is 2. The Morgan fingerprint density at radius 2 is 2.09 bits per heavy atom. The van der Waals surface area contributed by atoms with E-state index < -0.39 is 0 Å². The number of nitrogens with one attached hydrogen (secondary N) is 2. The monoisotopic (exact) mass is 467 g/mol. The van der Waals surface area contributed by atoms with E-state index in [1.807, 2.05) is 24.4 Å². The van der Waals surface area contributed by atoms with Crippen molar-refractivity contribution in [3.8, 4) is 16.5 Å². The van der Waals surface area contributed by atoms with Gasteiger partial charge in [-0.25, -0.2) is 4.98 Å². The van der Waals surface area contributed by atoms with Gasteiger partial charge in [-0.3, -0.25) is 4.90 Å². The highest BCUT2D eigenvalue weighted by Crippen LogP contribution is 2.38. The third-order valence-electron chi connectivity index (χ3n) is 5.85. The highest BCUT2D eigenvalue weighted by Gasteiger charge is 2.14. The van der Waals surface area contributed by atoms with Gasteiger partial charge in [-0.05, 0) is 54.6 Å². The number of benzene rings is 2. The van der Waals surface area contributed by atoms with Crippen LogP contribution in [0.3, 0.4) is 0 Å². The summed E-state index contributed by atoms with van der Waals surface area (Å²) in [5.74, 6) is 0. The largest absolute Gasteiger partial charge is 0.383 e. The van der Waals surface area contributed by atoms with E-state index in [2.05, 4.69) is 69.7 Å². The maximum atomic E-state index is 9.76. The second-order valence-electron chi connectivity index (χ2n) is 8.32. The molecule has 170 valence electrons. The molecule has 0 bridgehead atoms. The fourth-order valence-corrected chi connectivity index (χ4v) is 5.09. The van der Waals surface area contributed by atoms with E-state index in [4.69, 9.17) is 4.74 Å². The van der Waals surface area contributed by atoms with Gasteiger partial charge in [-0.15, -0.1) is 11.3 Å². The van der Waals surface area contributed by atoms with Crippen LogP contribution in [-0.4, -0.2) is 42.2 Å². The molecule has 2 N–H and O–H groups in total. The summed E-state index contributed by atoms with van der Waals surface area (Å²) in [4.78, 5) is 12.1. The fraction of sp³-hybridized carbons (Fsp3) is 0.185. The number of nitrogens with zero attached hydrogens (tertiary/aromatic N) is 3. The van der Waals surface area contributed by atoms with Gasteiger partial charge in [0.05, 0.1) is 17.9 Å². The zero-order valence-corrected chi connectivity index (χ0v) is 19.9. The zero-order chi connectivity index (χ0) is 23.5. The number of H-pyrrole nitrogens is 1. The van der Waals surface area contributed by atoms with E-state index in [0.717, 1.165) is 56.0 Å². The molecule has 0 atom stereocenters. The molecule has 6 nitrogen and oxygen atoms in total. The van der Waals surface area contributed by atoms with Crippen molar-refractivity contribution >= 4 is 43.8 Å². The highest BCUT2D eigenvalue weighted by molar-refractivity contribution is 7.22. The van der Waals surface area contributed by atoms with Crippen LogP contribution in [0, 0.1) is 11.3 Å². The lowest BCUT2D eigenvalue weighted by molar-refractivity contribution is 0.158. The number of likely N-dealkylation sites (N-methyl/N-ethyl adjacent to an activating group) is 1. The summed E-state index contributed by atoms with van der Waals surface area (Å²) >= 11 is 1.64. The molecule has 0 unspecified atom stereocenters. The molecule has 0 saturated heterocycles. The lowest BCUT2D eigenvalue weighted by atomic mass is 10.1. The first-order valence-corrected chi connectivity index (χ1v) is 11.9. The van der Waals surface area contributed by atoms with Gasteiger partial charge >= 0.3 is 0 Å². The Balaban J connectivity index is 1.49. The van der Waals surface area contributed by atoms with Crippen LogP contribution in [-0.2, 0) is 11.3 Å². The van der Waals surface area contributed by atoms with Gasteiger partial charge in [0.2, 0.25) is 0 Å². The number of thiophene rings is 1. The van der Waals surface area contributed by atoms with Crippen molar-refractivity contribution in [3.05, 3.63) is 78.1 Å². The molecule has 0 amide bonds. The first-order valence-electron chi connectivity index (χ1n) is 11.1. The standard InChI is InChI=1S/C27H25N5OS/c1-32(10-11-33-2)17-18-4-3-5-20(12-18)25-14-23-26(21(15-28)16-30-27(23)34-25)31-22-6-7-24-19(13-22)8-9-29-24/h3-9,12-14,16,29H,10-11,17H2,1-2H3,(H,30,31). The van der Waals surface area contributed by atoms with Crippen molar-refractivity contribution in [2.75, 3.05) is 32.6 Å². The van der Waals surface area contributed by atoms with Crippen molar-refractivity contribution < 1.29 is 4.74 Å². The molecule has 0 spiro atoms. The molecule has 0 aliphatic heterocycles. The van der Waals surface area contributed by atoms with Crippen LogP contribution in [0.4, 0.5) is 11.4 Å². The Morgan fingerprint density at radius 1 is 1.18 bits per heavy atom. The zero-order valence-electron chi connectivity index (χ0n) is 19.1. The molecule has 7 heteroatoms. The minimum Gasteiger partial charge on any atom is -0.383 e. The predicted octanol–water partition coefficient (Wildman–Crippen LogP) is 6.14. The fourth-order valence-electron chi connectivity index (χ4n) is 4.09. The van der Waals surface area contributed by atoms with Crippen molar-refractivity contribution in [2.24, 2.45) is 0 Å². The molecule has 0 fully saturated rings. The average molecular weight is 468 g/mol. The first kappa shape index (κ1) is 22.1. The number of methoxy groups -OCH3 is 1. The summed E-state index contributed by atoms with van der Waals surface area (Å²) < 4.78 is 5.19. The van der Waals surface area contributed by atoms with Gasteiger partial charge < -0.3 is 15.0 Å². The van der Waals surface area contributed by atoms with Crippen LogP contribution in [0.15, 0.2) is 67.0 Å². The molecule has 5 aromatic rings. The molecule has 2 aromatic carbocycles. The number of hydrogen-bond acceptors (Lipinski definition) is 6. The number of pyridine rings is 1. The Kier molecular flexibility index (Phi) is 6.28. The maximum absolute atomic E-state index is 9.76. The molecule has 0 aliphatic carbocycles. The maximum Gasteiger partial charge on any atom is 0.126 e. The van der Waals surface area contributed by atoms with Gasteiger partial charge in [-0.2, -0.15) is 5.26 Å². The summed E-state index contributed by atoms with van der Waals surface area (Å²) in [6.07, 6.45) is 3.58. The number of aromatic amines is 1. The van der Waals surface area contributed by atoms with E-state index in [-0.39, 0.29) is 0 Å². The van der Waals surface area contributed by atoms with Gasteiger partial charge in [0.1, 0.15) is 10.9 Å². The second kappa shape index (κ2) is 9.65. The third kappa shape index (κ3) is 4.52. The van der Waals surface area contributed by atoms with E-state index in [9.17, 15) is 5.26 Å². The van der Waals surface area contributed by atoms with Crippen molar-refractivity contribution in [1.29, 1.82) is 5.26 Å². The number of fused-ring (bicyclic) bond motifs is 2. The summed E-state index contributed by atoms with van der Waals surface area (Å²) in [5.41, 5.74) is 5.73.